The minimum atomic E-state index is -4.58. The van der Waals surface area contributed by atoms with Gasteiger partial charge in [-0.05, 0) is 12.3 Å². The molecule has 2 atom stereocenters. The van der Waals surface area contributed by atoms with Gasteiger partial charge in [-0.3, -0.25) is 4.79 Å². The van der Waals surface area contributed by atoms with Gasteiger partial charge in [0.25, 0.3) is 0 Å². The first kappa shape index (κ1) is 14.2. The summed E-state index contributed by atoms with van der Waals surface area (Å²) in [4.78, 5) is 11.1. The minimum absolute atomic E-state index is 0.0532. The zero-order chi connectivity index (χ0) is 12.2. The zero-order valence-corrected chi connectivity index (χ0v) is 8.97. The monoisotopic (exact) mass is 227 g/mol. The number of carbonyl (C=O) groups excluding carboxylic acids is 1. The third-order valence-electron chi connectivity index (χ3n) is 2.04. The first-order chi connectivity index (χ1) is 6.70. The van der Waals surface area contributed by atoms with E-state index in [0.29, 0.717) is 0 Å². The van der Waals surface area contributed by atoms with E-state index < -0.39 is 24.1 Å². The molecule has 0 saturated heterocycles. The second-order valence-corrected chi connectivity index (χ2v) is 3.83. The maximum Gasteiger partial charge on any atom is 0.404 e. The van der Waals surface area contributed by atoms with Crippen LogP contribution < -0.4 is 5.73 Å². The molecule has 0 aliphatic rings. The molecule has 0 rings (SSSR count). The first-order valence-electron chi connectivity index (χ1n) is 4.60. The largest absolute Gasteiger partial charge is 0.469 e. The highest BCUT2D eigenvalue weighted by Gasteiger charge is 2.45. The molecule has 0 spiro atoms. The van der Waals surface area contributed by atoms with Crippen molar-refractivity contribution in [2.45, 2.75) is 32.5 Å². The van der Waals surface area contributed by atoms with Crippen LogP contribution in [0.2, 0.25) is 0 Å². The minimum Gasteiger partial charge on any atom is -0.469 e. The molecule has 90 valence electrons. The number of hydrogen-bond acceptors (Lipinski definition) is 3. The van der Waals surface area contributed by atoms with Crippen LogP contribution in [0.25, 0.3) is 0 Å². The van der Waals surface area contributed by atoms with Crippen molar-refractivity contribution in [2.75, 3.05) is 7.11 Å². The van der Waals surface area contributed by atoms with Crippen molar-refractivity contribution in [1.82, 2.24) is 0 Å². The van der Waals surface area contributed by atoms with Gasteiger partial charge in [0, 0.05) is 0 Å². The van der Waals surface area contributed by atoms with Crippen LogP contribution in [-0.2, 0) is 9.53 Å². The highest BCUT2D eigenvalue weighted by Crippen LogP contribution is 2.28. The quantitative estimate of drug-likeness (QED) is 0.744. The van der Waals surface area contributed by atoms with Crippen LogP contribution in [0.3, 0.4) is 0 Å². The van der Waals surface area contributed by atoms with Crippen molar-refractivity contribution in [2.24, 2.45) is 17.6 Å². The Morgan fingerprint density at radius 2 is 1.87 bits per heavy atom. The summed E-state index contributed by atoms with van der Waals surface area (Å²) in [7, 11) is 1.05. The molecule has 0 heterocycles. The molecular weight excluding hydrogens is 211 g/mol. The van der Waals surface area contributed by atoms with Crippen LogP contribution in [0.15, 0.2) is 0 Å². The lowest BCUT2D eigenvalue weighted by molar-refractivity contribution is -0.175. The molecule has 0 radical (unpaired) electrons. The fourth-order valence-corrected chi connectivity index (χ4v) is 1.28. The molecule has 0 aliphatic carbocycles. The average Bonchev–Trinajstić information content (AvgIpc) is 2.10. The summed E-state index contributed by atoms with van der Waals surface area (Å²) in [6, 6.07) is -2.16. The number of methoxy groups -OCH3 is 1. The summed E-state index contributed by atoms with van der Waals surface area (Å²) >= 11 is 0. The lowest BCUT2D eigenvalue weighted by Crippen LogP contribution is -2.47. The smallest absolute Gasteiger partial charge is 0.404 e. The average molecular weight is 227 g/mol. The van der Waals surface area contributed by atoms with E-state index in [-0.39, 0.29) is 12.3 Å². The molecule has 0 bridgehead atoms. The van der Waals surface area contributed by atoms with Gasteiger partial charge in [-0.15, -0.1) is 0 Å². The van der Waals surface area contributed by atoms with E-state index in [2.05, 4.69) is 4.74 Å². The normalized spacial score (nSPS) is 16.3. The fourth-order valence-electron chi connectivity index (χ4n) is 1.28. The lowest BCUT2D eigenvalue weighted by Gasteiger charge is -2.24. The third kappa shape index (κ3) is 4.51. The van der Waals surface area contributed by atoms with Gasteiger partial charge < -0.3 is 10.5 Å². The number of hydrogen-bond donors (Lipinski definition) is 1. The summed E-state index contributed by atoms with van der Waals surface area (Å²) in [5, 5.41) is 0. The van der Waals surface area contributed by atoms with Gasteiger partial charge in [-0.2, -0.15) is 13.2 Å². The highest BCUT2D eigenvalue weighted by molar-refractivity contribution is 5.73. The van der Waals surface area contributed by atoms with Crippen molar-refractivity contribution >= 4 is 5.97 Å². The van der Waals surface area contributed by atoms with Crippen molar-refractivity contribution < 1.29 is 22.7 Å². The summed E-state index contributed by atoms with van der Waals surface area (Å²) in [5.74, 6) is -2.29. The Morgan fingerprint density at radius 3 is 2.13 bits per heavy atom. The second-order valence-electron chi connectivity index (χ2n) is 3.83. The van der Waals surface area contributed by atoms with Gasteiger partial charge in [0.2, 0.25) is 0 Å². The Labute approximate surface area is 86.8 Å². The number of halogens is 3. The lowest BCUT2D eigenvalue weighted by atomic mass is 9.90. The molecule has 0 aromatic heterocycles. The van der Waals surface area contributed by atoms with Crippen LogP contribution in [0, 0.1) is 11.8 Å². The number of alkyl halides is 3. The van der Waals surface area contributed by atoms with Gasteiger partial charge in [-0.25, -0.2) is 0 Å². The van der Waals surface area contributed by atoms with Crippen LogP contribution >= 0.6 is 0 Å². The van der Waals surface area contributed by atoms with Crippen LogP contribution in [-0.4, -0.2) is 25.3 Å². The van der Waals surface area contributed by atoms with E-state index in [1.807, 2.05) is 0 Å². The van der Waals surface area contributed by atoms with E-state index in [9.17, 15) is 18.0 Å². The van der Waals surface area contributed by atoms with E-state index >= 15 is 0 Å². The molecular formula is C9H16F3NO2. The van der Waals surface area contributed by atoms with E-state index in [0.717, 1.165) is 7.11 Å². The van der Waals surface area contributed by atoms with Gasteiger partial charge in [0.15, 0.2) is 0 Å². The molecule has 0 fully saturated rings. The summed E-state index contributed by atoms with van der Waals surface area (Å²) in [6.45, 7) is 3.44. The van der Waals surface area contributed by atoms with Gasteiger partial charge in [-0.1, -0.05) is 13.8 Å². The Balaban J connectivity index is 4.70. The van der Waals surface area contributed by atoms with Gasteiger partial charge >= 0.3 is 12.1 Å². The second kappa shape index (κ2) is 5.34. The summed E-state index contributed by atoms with van der Waals surface area (Å²) in [5.41, 5.74) is 4.99. The number of esters is 1. The molecule has 0 unspecified atom stereocenters. The Morgan fingerprint density at radius 1 is 1.40 bits per heavy atom. The summed E-state index contributed by atoms with van der Waals surface area (Å²) < 4.78 is 41.3. The predicted molar refractivity (Wildman–Crippen MR) is 49.0 cm³/mol. The molecule has 0 amide bonds. The molecule has 0 aromatic carbocycles. The van der Waals surface area contributed by atoms with Crippen molar-refractivity contribution in [3.05, 3.63) is 0 Å². The molecule has 0 aliphatic heterocycles. The number of carbonyl (C=O) groups is 1. The first-order valence-corrected chi connectivity index (χ1v) is 4.60. The van der Waals surface area contributed by atoms with Crippen LogP contribution in [0.1, 0.15) is 20.3 Å². The highest BCUT2D eigenvalue weighted by atomic mass is 19.4. The zero-order valence-electron chi connectivity index (χ0n) is 8.97. The fraction of sp³-hybridized carbons (Fsp3) is 0.889. The van der Waals surface area contributed by atoms with E-state index in [1.165, 1.54) is 0 Å². The van der Waals surface area contributed by atoms with Crippen molar-refractivity contribution in [3.63, 3.8) is 0 Å². The van der Waals surface area contributed by atoms with Crippen LogP contribution in [0.4, 0.5) is 13.2 Å². The predicted octanol–water partition coefficient (Wildman–Crippen LogP) is 1.71. The SMILES string of the molecule is COC(=O)[C@@H](CC(C)C)[C@H](N)C(F)(F)F. The standard InChI is InChI=1S/C9H16F3NO2/c1-5(2)4-6(8(14)15-3)7(13)9(10,11)12/h5-7H,4,13H2,1-3H3/t6-,7-/m0/s1. The maximum atomic E-state index is 12.3. The molecule has 0 saturated carbocycles. The van der Waals surface area contributed by atoms with E-state index in [1.54, 1.807) is 13.8 Å². The van der Waals surface area contributed by atoms with Crippen molar-refractivity contribution in [3.8, 4) is 0 Å². The molecule has 15 heavy (non-hydrogen) atoms. The Hall–Kier alpha value is -0.780. The maximum absolute atomic E-state index is 12.3. The Bertz CT molecular complexity index is 216. The summed E-state index contributed by atoms with van der Waals surface area (Å²) in [6.07, 6.45) is -4.51. The third-order valence-corrected chi connectivity index (χ3v) is 2.04. The molecule has 6 heteroatoms. The number of rotatable bonds is 4. The van der Waals surface area contributed by atoms with Crippen molar-refractivity contribution in [1.29, 1.82) is 0 Å². The molecule has 3 nitrogen and oxygen atoms in total. The molecule has 2 N–H and O–H groups in total. The Kier molecular flexibility index (Phi) is 5.07. The topological polar surface area (TPSA) is 52.3 Å². The molecule has 0 aromatic rings. The van der Waals surface area contributed by atoms with E-state index in [4.69, 9.17) is 5.73 Å². The van der Waals surface area contributed by atoms with Gasteiger partial charge in [0.1, 0.15) is 6.04 Å². The van der Waals surface area contributed by atoms with Gasteiger partial charge in [0.05, 0.1) is 13.0 Å². The number of ether oxygens (including phenoxy) is 1. The van der Waals surface area contributed by atoms with Crippen LogP contribution in [0.5, 0.6) is 0 Å². The number of nitrogens with two attached hydrogens (primary N) is 1.